The number of ether oxygens (including phenoxy) is 2. The van der Waals surface area contributed by atoms with Crippen LogP contribution in [0.15, 0.2) is 30.3 Å². The van der Waals surface area contributed by atoms with Crippen LogP contribution in [0.25, 0.3) is 0 Å². The quantitative estimate of drug-likeness (QED) is 0.523. The standard InChI is InChI=1S/C17H25NO5/c1-14(19)13-18(11-10-17(21)22-2)16(20)9-6-12-23-15-7-4-3-5-8-15/h3-5,7-8,14,19H,6,9-13H2,1-2H3. The molecule has 1 aromatic rings. The van der Waals surface area contributed by atoms with Crippen molar-refractivity contribution in [3.63, 3.8) is 0 Å². The minimum Gasteiger partial charge on any atom is -0.494 e. The van der Waals surface area contributed by atoms with Crippen LogP contribution < -0.4 is 4.74 Å². The van der Waals surface area contributed by atoms with Gasteiger partial charge in [0.15, 0.2) is 0 Å². The van der Waals surface area contributed by atoms with E-state index in [9.17, 15) is 14.7 Å². The third-order valence-electron chi connectivity index (χ3n) is 3.20. The van der Waals surface area contributed by atoms with Crippen molar-refractivity contribution in [2.45, 2.75) is 32.3 Å². The molecule has 1 rings (SSSR count). The van der Waals surface area contributed by atoms with Gasteiger partial charge in [-0.2, -0.15) is 0 Å². The molecule has 1 unspecified atom stereocenters. The van der Waals surface area contributed by atoms with Crippen LogP contribution in [0.3, 0.4) is 0 Å². The summed E-state index contributed by atoms with van der Waals surface area (Å²) in [5.74, 6) is 0.291. The topological polar surface area (TPSA) is 76.1 Å². The second-order valence-electron chi connectivity index (χ2n) is 5.28. The van der Waals surface area contributed by atoms with E-state index in [0.717, 1.165) is 5.75 Å². The molecule has 1 amide bonds. The van der Waals surface area contributed by atoms with Gasteiger partial charge in [-0.05, 0) is 25.5 Å². The Bertz CT molecular complexity index is 475. The van der Waals surface area contributed by atoms with Crippen molar-refractivity contribution < 1.29 is 24.2 Å². The number of amides is 1. The average molecular weight is 323 g/mol. The van der Waals surface area contributed by atoms with E-state index in [1.165, 1.54) is 12.0 Å². The molecule has 1 atom stereocenters. The molecule has 0 aliphatic carbocycles. The summed E-state index contributed by atoms with van der Waals surface area (Å²) in [4.78, 5) is 24.9. The molecule has 0 bridgehead atoms. The van der Waals surface area contributed by atoms with Gasteiger partial charge < -0.3 is 19.5 Å². The van der Waals surface area contributed by atoms with Gasteiger partial charge in [-0.25, -0.2) is 0 Å². The number of methoxy groups -OCH3 is 1. The molecule has 1 aromatic carbocycles. The highest BCUT2D eigenvalue weighted by atomic mass is 16.5. The van der Waals surface area contributed by atoms with Crippen molar-refractivity contribution in [2.75, 3.05) is 26.8 Å². The van der Waals surface area contributed by atoms with E-state index >= 15 is 0 Å². The fourth-order valence-electron chi connectivity index (χ4n) is 2.05. The number of para-hydroxylation sites is 1. The number of nitrogens with zero attached hydrogens (tertiary/aromatic N) is 1. The SMILES string of the molecule is COC(=O)CCN(CC(C)O)C(=O)CCCOc1ccccc1. The van der Waals surface area contributed by atoms with Crippen LogP contribution in [0.2, 0.25) is 0 Å². The maximum absolute atomic E-state index is 12.2. The number of rotatable bonds is 10. The number of aliphatic hydroxyl groups is 1. The lowest BCUT2D eigenvalue weighted by molar-refractivity contribution is -0.142. The number of carbonyl (C=O) groups excluding carboxylic acids is 2. The number of benzene rings is 1. The minimum absolute atomic E-state index is 0.105. The van der Waals surface area contributed by atoms with E-state index < -0.39 is 6.10 Å². The zero-order valence-electron chi connectivity index (χ0n) is 13.7. The Labute approximate surface area is 137 Å². The zero-order valence-corrected chi connectivity index (χ0v) is 13.7. The highest BCUT2D eigenvalue weighted by molar-refractivity contribution is 5.77. The molecule has 0 heterocycles. The molecule has 0 radical (unpaired) electrons. The highest BCUT2D eigenvalue weighted by Crippen LogP contribution is 2.09. The van der Waals surface area contributed by atoms with E-state index in [2.05, 4.69) is 4.74 Å². The zero-order chi connectivity index (χ0) is 17.1. The summed E-state index contributed by atoms with van der Waals surface area (Å²) in [5, 5.41) is 9.48. The molecule has 23 heavy (non-hydrogen) atoms. The van der Waals surface area contributed by atoms with Gasteiger partial charge in [0.25, 0.3) is 0 Å². The van der Waals surface area contributed by atoms with Crippen molar-refractivity contribution in [3.8, 4) is 5.75 Å². The van der Waals surface area contributed by atoms with Crippen molar-refractivity contribution in [1.82, 2.24) is 4.90 Å². The Morgan fingerprint density at radius 2 is 1.91 bits per heavy atom. The van der Waals surface area contributed by atoms with E-state index in [1.54, 1.807) is 6.92 Å². The van der Waals surface area contributed by atoms with Gasteiger partial charge in [-0.15, -0.1) is 0 Å². The van der Waals surface area contributed by atoms with Crippen molar-refractivity contribution in [2.24, 2.45) is 0 Å². The molecule has 0 saturated carbocycles. The van der Waals surface area contributed by atoms with Gasteiger partial charge in [-0.1, -0.05) is 18.2 Å². The molecular formula is C17H25NO5. The van der Waals surface area contributed by atoms with Gasteiger partial charge >= 0.3 is 5.97 Å². The molecule has 0 spiro atoms. The lowest BCUT2D eigenvalue weighted by Gasteiger charge is -2.23. The van der Waals surface area contributed by atoms with Crippen LogP contribution in [-0.4, -0.2) is 54.8 Å². The van der Waals surface area contributed by atoms with E-state index in [-0.39, 0.29) is 31.4 Å². The van der Waals surface area contributed by atoms with Gasteiger partial charge in [0, 0.05) is 19.5 Å². The maximum atomic E-state index is 12.2. The first-order valence-corrected chi connectivity index (χ1v) is 7.73. The number of hydrogen-bond acceptors (Lipinski definition) is 5. The summed E-state index contributed by atoms with van der Waals surface area (Å²) < 4.78 is 10.1. The van der Waals surface area contributed by atoms with E-state index in [0.29, 0.717) is 19.4 Å². The fraction of sp³-hybridized carbons (Fsp3) is 0.529. The molecule has 0 aliphatic rings. The summed E-state index contributed by atoms with van der Waals surface area (Å²) in [6, 6.07) is 9.40. The van der Waals surface area contributed by atoms with Crippen molar-refractivity contribution >= 4 is 11.9 Å². The number of carbonyl (C=O) groups is 2. The molecule has 6 heteroatoms. The molecule has 0 saturated heterocycles. The third-order valence-corrected chi connectivity index (χ3v) is 3.20. The largest absolute Gasteiger partial charge is 0.494 e. The van der Waals surface area contributed by atoms with Crippen LogP contribution in [0.4, 0.5) is 0 Å². The normalized spacial score (nSPS) is 11.6. The van der Waals surface area contributed by atoms with Crippen LogP contribution >= 0.6 is 0 Å². The number of aliphatic hydroxyl groups excluding tert-OH is 1. The van der Waals surface area contributed by atoms with E-state index in [4.69, 9.17) is 4.74 Å². The van der Waals surface area contributed by atoms with Gasteiger partial charge in [0.05, 0.1) is 26.2 Å². The Morgan fingerprint density at radius 3 is 2.52 bits per heavy atom. The summed E-state index contributed by atoms with van der Waals surface area (Å²) in [7, 11) is 1.31. The van der Waals surface area contributed by atoms with Crippen LogP contribution in [0, 0.1) is 0 Å². The maximum Gasteiger partial charge on any atom is 0.307 e. The predicted molar refractivity (Wildman–Crippen MR) is 86.1 cm³/mol. The van der Waals surface area contributed by atoms with Crippen LogP contribution in [0.1, 0.15) is 26.2 Å². The molecule has 0 aromatic heterocycles. The first kappa shape index (κ1) is 19.0. The first-order chi connectivity index (χ1) is 11.0. The Hall–Kier alpha value is -2.08. The average Bonchev–Trinajstić information content (AvgIpc) is 2.55. The van der Waals surface area contributed by atoms with Gasteiger partial charge in [-0.3, -0.25) is 9.59 Å². The second kappa shape index (κ2) is 10.6. The number of hydrogen-bond donors (Lipinski definition) is 1. The van der Waals surface area contributed by atoms with Gasteiger partial charge in [0.2, 0.25) is 5.91 Å². The molecule has 0 fully saturated rings. The molecule has 0 aliphatic heterocycles. The van der Waals surface area contributed by atoms with Crippen LogP contribution in [0.5, 0.6) is 5.75 Å². The third kappa shape index (κ3) is 8.21. The van der Waals surface area contributed by atoms with Gasteiger partial charge in [0.1, 0.15) is 5.75 Å². The van der Waals surface area contributed by atoms with Crippen molar-refractivity contribution in [3.05, 3.63) is 30.3 Å². The second-order valence-corrected chi connectivity index (χ2v) is 5.28. The highest BCUT2D eigenvalue weighted by Gasteiger charge is 2.16. The minimum atomic E-state index is -0.642. The Balaban J connectivity index is 2.35. The Kier molecular flexibility index (Phi) is 8.75. The monoisotopic (exact) mass is 323 g/mol. The Morgan fingerprint density at radius 1 is 1.22 bits per heavy atom. The molecule has 128 valence electrons. The van der Waals surface area contributed by atoms with E-state index in [1.807, 2.05) is 30.3 Å². The summed E-state index contributed by atoms with van der Waals surface area (Å²) in [6.07, 6.45) is 0.357. The smallest absolute Gasteiger partial charge is 0.307 e. The predicted octanol–water partition coefficient (Wildman–Crippen LogP) is 1.62. The number of esters is 1. The summed E-state index contributed by atoms with van der Waals surface area (Å²) >= 11 is 0. The lowest BCUT2D eigenvalue weighted by atomic mass is 10.2. The lowest BCUT2D eigenvalue weighted by Crippen LogP contribution is -2.38. The molecule has 1 N–H and O–H groups in total. The first-order valence-electron chi connectivity index (χ1n) is 7.73. The van der Waals surface area contributed by atoms with Crippen molar-refractivity contribution in [1.29, 1.82) is 0 Å². The van der Waals surface area contributed by atoms with Crippen LogP contribution in [-0.2, 0) is 14.3 Å². The fourth-order valence-corrected chi connectivity index (χ4v) is 2.05. The summed E-state index contributed by atoms with van der Waals surface area (Å²) in [5.41, 5.74) is 0. The molecule has 6 nitrogen and oxygen atoms in total. The summed E-state index contributed by atoms with van der Waals surface area (Å²) in [6.45, 7) is 2.50. The molecular weight excluding hydrogens is 298 g/mol.